The predicted octanol–water partition coefficient (Wildman–Crippen LogP) is 5.60. The third-order valence-corrected chi connectivity index (χ3v) is 3.58. The summed E-state index contributed by atoms with van der Waals surface area (Å²) in [6, 6.07) is 10.4. The lowest BCUT2D eigenvalue weighted by Crippen LogP contribution is -1.96. The summed E-state index contributed by atoms with van der Waals surface area (Å²) >= 11 is 15.3. The van der Waals surface area contributed by atoms with Crippen LogP contribution in [0, 0.1) is 0 Å². The number of ether oxygens (including phenoxy) is 1. The molecule has 0 aliphatic heterocycles. The van der Waals surface area contributed by atoms with E-state index >= 15 is 0 Å². The van der Waals surface area contributed by atoms with Gasteiger partial charge in [-0.1, -0.05) is 39.1 Å². The Morgan fingerprint density at radius 2 is 1.84 bits per heavy atom. The van der Waals surface area contributed by atoms with Crippen LogP contribution in [0.25, 0.3) is 0 Å². The normalized spacial score (nSPS) is 12.3. The molecule has 19 heavy (non-hydrogen) atoms. The maximum Gasteiger partial charge on any atom is 0.147 e. The molecular formula is C14H11BrCl2O2. The molecule has 0 fully saturated rings. The lowest BCUT2D eigenvalue weighted by molar-refractivity contribution is 0.195. The number of rotatable bonds is 3. The zero-order valence-electron chi connectivity index (χ0n) is 10.0. The molecule has 0 aliphatic carbocycles. The third-order valence-electron chi connectivity index (χ3n) is 2.54. The second-order valence-electron chi connectivity index (χ2n) is 4.03. The van der Waals surface area contributed by atoms with Crippen LogP contribution in [-0.4, -0.2) is 5.11 Å². The van der Waals surface area contributed by atoms with Crippen LogP contribution in [0.3, 0.4) is 0 Å². The smallest absolute Gasteiger partial charge is 0.147 e. The number of benzene rings is 2. The van der Waals surface area contributed by atoms with Crippen LogP contribution in [-0.2, 0) is 0 Å². The Morgan fingerprint density at radius 3 is 2.53 bits per heavy atom. The minimum absolute atomic E-state index is 0.457. The van der Waals surface area contributed by atoms with Gasteiger partial charge < -0.3 is 9.84 Å². The second-order valence-corrected chi connectivity index (χ2v) is 5.79. The van der Waals surface area contributed by atoms with E-state index in [-0.39, 0.29) is 0 Å². The molecule has 0 saturated heterocycles. The summed E-state index contributed by atoms with van der Waals surface area (Å²) in [7, 11) is 0. The van der Waals surface area contributed by atoms with E-state index < -0.39 is 6.10 Å². The molecule has 0 radical (unpaired) electrons. The van der Waals surface area contributed by atoms with Gasteiger partial charge in [0.25, 0.3) is 0 Å². The quantitative estimate of drug-likeness (QED) is 0.770. The molecule has 2 rings (SSSR count). The number of hydrogen-bond donors (Lipinski definition) is 1. The van der Waals surface area contributed by atoms with E-state index in [2.05, 4.69) is 15.9 Å². The first kappa shape index (κ1) is 14.7. The molecule has 0 aromatic heterocycles. The van der Waals surface area contributed by atoms with Gasteiger partial charge >= 0.3 is 0 Å². The van der Waals surface area contributed by atoms with Crippen molar-refractivity contribution in [2.45, 2.75) is 13.0 Å². The number of halogens is 3. The summed E-state index contributed by atoms with van der Waals surface area (Å²) in [5, 5.41) is 10.8. The highest BCUT2D eigenvalue weighted by molar-refractivity contribution is 9.10. The summed E-state index contributed by atoms with van der Waals surface area (Å²) in [6.45, 7) is 1.67. The molecule has 1 unspecified atom stereocenters. The number of aliphatic hydroxyl groups is 1. The average Bonchev–Trinajstić information content (AvgIpc) is 2.35. The largest absolute Gasteiger partial charge is 0.455 e. The molecule has 1 N–H and O–H groups in total. The summed E-state index contributed by atoms with van der Waals surface area (Å²) in [5.41, 5.74) is 0.672. The Labute approximate surface area is 130 Å². The van der Waals surface area contributed by atoms with Crippen LogP contribution in [0.2, 0.25) is 10.0 Å². The van der Waals surface area contributed by atoms with Crippen molar-refractivity contribution in [3.8, 4) is 11.5 Å². The van der Waals surface area contributed by atoms with E-state index in [4.69, 9.17) is 27.9 Å². The topological polar surface area (TPSA) is 29.5 Å². The summed E-state index contributed by atoms with van der Waals surface area (Å²) in [5.74, 6) is 1.00. The Kier molecular flexibility index (Phi) is 4.74. The average molecular weight is 362 g/mol. The molecule has 5 heteroatoms. The number of aliphatic hydroxyl groups excluding tert-OH is 1. The van der Waals surface area contributed by atoms with E-state index in [9.17, 15) is 5.11 Å². The van der Waals surface area contributed by atoms with E-state index in [0.717, 1.165) is 4.47 Å². The van der Waals surface area contributed by atoms with Crippen molar-refractivity contribution in [1.29, 1.82) is 0 Å². The molecule has 0 saturated carbocycles. The molecule has 100 valence electrons. The highest BCUT2D eigenvalue weighted by Crippen LogP contribution is 2.36. The molecule has 0 aliphatic rings. The predicted molar refractivity (Wildman–Crippen MR) is 81.3 cm³/mol. The Morgan fingerprint density at radius 1 is 1.11 bits per heavy atom. The standard InChI is InChI=1S/C14H11BrCl2O2/c1-8(18)11-6-9(15)2-5-13(11)19-14-7-10(16)3-4-12(14)17/h2-8,18H,1H3. The van der Waals surface area contributed by atoms with Crippen LogP contribution in [0.15, 0.2) is 40.9 Å². The van der Waals surface area contributed by atoms with Gasteiger partial charge in [-0.05, 0) is 37.3 Å². The lowest BCUT2D eigenvalue weighted by Gasteiger charge is -2.14. The van der Waals surface area contributed by atoms with Gasteiger partial charge in [0.15, 0.2) is 0 Å². The van der Waals surface area contributed by atoms with Crippen LogP contribution in [0.4, 0.5) is 0 Å². The van der Waals surface area contributed by atoms with Crippen molar-refractivity contribution in [2.75, 3.05) is 0 Å². The monoisotopic (exact) mass is 360 g/mol. The summed E-state index contributed by atoms with van der Waals surface area (Å²) in [6.07, 6.45) is -0.648. The molecule has 2 aromatic carbocycles. The third kappa shape index (κ3) is 3.63. The van der Waals surface area contributed by atoms with Crippen molar-refractivity contribution in [3.05, 3.63) is 56.5 Å². The van der Waals surface area contributed by atoms with E-state index in [0.29, 0.717) is 27.1 Å². The first-order valence-corrected chi connectivity index (χ1v) is 7.12. The van der Waals surface area contributed by atoms with E-state index in [1.807, 2.05) is 6.07 Å². The molecule has 0 spiro atoms. The summed E-state index contributed by atoms with van der Waals surface area (Å²) < 4.78 is 6.61. The molecular weight excluding hydrogens is 351 g/mol. The highest BCUT2D eigenvalue weighted by atomic mass is 79.9. The molecule has 0 heterocycles. The van der Waals surface area contributed by atoms with Crippen LogP contribution in [0.1, 0.15) is 18.6 Å². The first-order chi connectivity index (χ1) is 8.97. The minimum atomic E-state index is -0.648. The van der Waals surface area contributed by atoms with Crippen molar-refractivity contribution >= 4 is 39.1 Å². The molecule has 0 amide bonds. The van der Waals surface area contributed by atoms with E-state index in [1.165, 1.54) is 0 Å². The fourth-order valence-electron chi connectivity index (χ4n) is 1.61. The molecule has 1 atom stereocenters. The Bertz CT molecular complexity index is 600. The minimum Gasteiger partial charge on any atom is -0.455 e. The first-order valence-electron chi connectivity index (χ1n) is 5.58. The van der Waals surface area contributed by atoms with E-state index in [1.54, 1.807) is 37.3 Å². The Hall–Kier alpha value is -0.740. The van der Waals surface area contributed by atoms with Gasteiger partial charge in [0.1, 0.15) is 11.5 Å². The van der Waals surface area contributed by atoms with Crippen molar-refractivity contribution in [2.24, 2.45) is 0 Å². The fraction of sp³-hybridized carbons (Fsp3) is 0.143. The highest BCUT2D eigenvalue weighted by Gasteiger charge is 2.12. The van der Waals surface area contributed by atoms with Gasteiger partial charge in [0.05, 0.1) is 11.1 Å². The van der Waals surface area contributed by atoms with Gasteiger partial charge in [-0.15, -0.1) is 0 Å². The fourth-order valence-corrected chi connectivity index (χ4v) is 2.31. The van der Waals surface area contributed by atoms with Crippen LogP contribution < -0.4 is 4.74 Å². The van der Waals surface area contributed by atoms with Gasteiger partial charge in [-0.25, -0.2) is 0 Å². The van der Waals surface area contributed by atoms with Crippen molar-refractivity contribution in [3.63, 3.8) is 0 Å². The zero-order valence-corrected chi connectivity index (χ0v) is 13.1. The molecule has 0 bridgehead atoms. The summed E-state index contributed by atoms with van der Waals surface area (Å²) in [4.78, 5) is 0. The van der Waals surface area contributed by atoms with Gasteiger partial charge in [0, 0.05) is 21.1 Å². The van der Waals surface area contributed by atoms with Crippen LogP contribution in [0.5, 0.6) is 11.5 Å². The maximum atomic E-state index is 9.77. The van der Waals surface area contributed by atoms with Crippen molar-refractivity contribution < 1.29 is 9.84 Å². The van der Waals surface area contributed by atoms with Crippen LogP contribution >= 0.6 is 39.1 Å². The molecule has 2 aromatic rings. The SMILES string of the molecule is CC(O)c1cc(Br)ccc1Oc1cc(Cl)ccc1Cl. The Balaban J connectivity index is 2.40. The van der Waals surface area contributed by atoms with Gasteiger partial charge in [0.2, 0.25) is 0 Å². The maximum absolute atomic E-state index is 9.77. The van der Waals surface area contributed by atoms with Crippen molar-refractivity contribution in [1.82, 2.24) is 0 Å². The zero-order chi connectivity index (χ0) is 14.0. The lowest BCUT2D eigenvalue weighted by atomic mass is 10.1. The van der Waals surface area contributed by atoms with Gasteiger partial charge in [-0.2, -0.15) is 0 Å². The second kappa shape index (κ2) is 6.14. The molecule has 2 nitrogen and oxygen atoms in total. The number of hydrogen-bond acceptors (Lipinski definition) is 2. The van der Waals surface area contributed by atoms with Gasteiger partial charge in [-0.3, -0.25) is 0 Å².